The van der Waals surface area contributed by atoms with Crippen molar-refractivity contribution in [3.63, 3.8) is 0 Å². The number of thiocarbonyl (C=S) groups is 1. The van der Waals surface area contributed by atoms with Gasteiger partial charge in [0.05, 0.1) is 19.1 Å². The molecule has 1 saturated heterocycles. The molecule has 1 aromatic carbocycles. The second-order valence-electron chi connectivity index (χ2n) is 5.83. The van der Waals surface area contributed by atoms with E-state index in [1.54, 1.807) is 38.3 Å². The van der Waals surface area contributed by atoms with E-state index in [0.717, 1.165) is 11.8 Å². The molecular weight excluding hydrogens is 374 g/mol. The number of nitrogens with zero attached hydrogens (tertiary/aromatic N) is 1. The summed E-state index contributed by atoms with van der Waals surface area (Å²) in [6, 6.07) is 4.27. The maximum absolute atomic E-state index is 12.8. The van der Waals surface area contributed by atoms with Crippen molar-refractivity contribution in [2.45, 2.75) is 26.3 Å². The van der Waals surface area contributed by atoms with E-state index >= 15 is 0 Å². The number of carbonyl (C=O) groups is 2. The molecule has 26 heavy (non-hydrogen) atoms. The van der Waals surface area contributed by atoms with Crippen LogP contribution in [0.15, 0.2) is 23.1 Å². The Hall–Kier alpha value is -2.06. The van der Waals surface area contributed by atoms with Crippen LogP contribution in [0.25, 0.3) is 6.08 Å². The third kappa shape index (κ3) is 4.02. The zero-order valence-electron chi connectivity index (χ0n) is 15.0. The van der Waals surface area contributed by atoms with Gasteiger partial charge in [0.25, 0.3) is 5.91 Å². The number of methoxy groups -OCH3 is 2. The molecule has 0 radical (unpaired) electrons. The van der Waals surface area contributed by atoms with Gasteiger partial charge < -0.3 is 14.6 Å². The molecule has 1 N–H and O–H groups in total. The van der Waals surface area contributed by atoms with Crippen molar-refractivity contribution >= 4 is 46.3 Å². The Kier molecular flexibility index (Phi) is 6.66. The second kappa shape index (κ2) is 8.55. The van der Waals surface area contributed by atoms with Crippen molar-refractivity contribution < 1.29 is 24.2 Å². The van der Waals surface area contributed by atoms with E-state index in [1.807, 2.05) is 6.92 Å². The summed E-state index contributed by atoms with van der Waals surface area (Å²) in [5.74, 6) is -0.491. The first kappa shape index (κ1) is 20.3. The molecule has 1 amide bonds. The molecule has 2 atom stereocenters. The van der Waals surface area contributed by atoms with Crippen molar-refractivity contribution in [3.05, 3.63) is 28.7 Å². The lowest BCUT2D eigenvalue weighted by molar-refractivity contribution is -0.147. The highest BCUT2D eigenvalue weighted by Crippen LogP contribution is 2.37. The van der Waals surface area contributed by atoms with Gasteiger partial charge >= 0.3 is 5.97 Å². The van der Waals surface area contributed by atoms with Gasteiger partial charge in [0.15, 0.2) is 0 Å². The number of rotatable bonds is 7. The number of benzene rings is 1. The van der Waals surface area contributed by atoms with Crippen molar-refractivity contribution in [1.82, 2.24) is 4.90 Å². The number of hydrogen-bond acceptors (Lipinski definition) is 6. The minimum Gasteiger partial charge on any atom is -0.497 e. The van der Waals surface area contributed by atoms with E-state index in [9.17, 15) is 14.7 Å². The quantitative estimate of drug-likeness (QED) is 0.560. The summed E-state index contributed by atoms with van der Waals surface area (Å²) in [5, 5.41) is 9.57. The average Bonchev–Trinajstić information content (AvgIpc) is 2.89. The molecular formula is C18H21NO5S2. The SMILES string of the molecule is CCC(C)C(C(=O)O)N1C(=O)/C(=C/c2ccc(OC)cc2OC)SC1=S. The molecule has 1 aliphatic heterocycles. The summed E-state index contributed by atoms with van der Waals surface area (Å²) in [4.78, 5) is 26.1. The summed E-state index contributed by atoms with van der Waals surface area (Å²) in [6.45, 7) is 3.68. The van der Waals surface area contributed by atoms with Crippen LogP contribution in [0.5, 0.6) is 11.5 Å². The molecule has 1 aromatic rings. The lowest BCUT2D eigenvalue weighted by atomic mass is 9.98. The largest absolute Gasteiger partial charge is 0.497 e. The molecule has 0 bridgehead atoms. The van der Waals surface area contributed by atoms with Crippen LogP contribution in [0, 0.1) is 5.92 Å². The Labute approximate surface area is 162 Å². The fraction of sp³-hybridized carbons (Fsp3) is 0.389. The molecule has 2 rings (SSSR count). The highest BCUT2D eigenvalue weighted by Gasteiger charge is 2.42. The minimum absolute atomic E-state index is 0.218. The number of carboxylic acid groups (broad SMARTS) is 1. The van der Waals surface area contributed by atoms with Gasteiger partial charge in [-0.1, -0.05) is 44.2 Å². The Morgan fingerprint density at radius 3 is 2.62 bits per heavy atom. The molecule has 1 fully saturated rings. The van der Waals surface area contributed by atoms with Gasteiger partial charge in [0, 0.05) is 11.6 Å². The molecule has 1 aliphatic rings. The Balaban J connectivity index is 2.39. The number of ether oxygens (including phenoxy) is 2. The van der Waals surface area contributed by atoms with Gasteiger partial charge in [0.1, 0.15) is 21.9 Å². The van der Waals surface area contributed by atoms with Crippen LogP contribution in [-0.4, -0.2) is 46.5 Å². The van der Waals surface area contributed by atoms with Crippen LogP contribution in [-0.2, 0) is 9.59 Å². The van der Waals surface area contributed by atoms with E-state index in [4.69, 9.17) is 21.7 Å². The summed E-state index contributed by atoms with van der Waals surface area (Å²) >= 11 is 6.39. The Bertz CT molecular complexity index is 762. The fourth-order valence-corrected chi connectivity index (χ4v) is 3.95. The summed E-state index contributed by atoms with van der Waals surface area (Å²) < 4.78 is 10.8. The normalized spacial score (nSPS) is 18.2. The van der Waals surface area contributed by atoms with Crippen LogP contribution in [0.3, 0.4) is 0 Å². The van der Waals surface area contributed by atoms with E-state index in [1.165, 1.54) is 12.0 Å². The number of aliphatic carboxylic acids is 1. The highest BCUT2D eigenvalue weighted by atomic mass is 32.2. The molecule has 1 heterocycles. The lowest BCUT2D eigenvalue weighted by Gasteiger charge is -2.27. The number of carboxylic acids is 1. The first-order valence-electron chi connectivity index (χ1n) is 8.05. The van der Waals surface area contributed by atoms with Crippen LogP contribution in [0.4, 0.5) is 0 Å². The van der Waals surface area contributed by atoms with Gasteiger partial charge in [-0.3, -0.25) is 9.69 Å². The van der Waals surface area contributed by atoms with Gasteiger partial charge in [-0.25, -0.2) is 4.79 Å². The minimum atomic E-state index is -1.06. The van der Waals surface area contributed by atoms with E-state index in [-0.39, 0.29) is 10.2 Å². The van der Waals surface area contributed by atoms with Gasteiger partial charge in [-0.05, 0) is 24.1 Å². The molecule has 8 heteroatoms. The van der Waals surface area contributed by atoms with Gasteiger partial charge in [-0.2, -0.15) is 0 Å². The third-order valence-corrected chi connectivity index (χ3v) is 5.60. The molecule has 0 aromatic heterocycles. The van der Waals surface area contributed by atoms with Crippen molar-refractivity contribution in [3.8, 4) is 11.5 Å². The first-order valence-corrected chi connectivity index (χ1v) is 9.28. The third-order valence-electron chi connectivity index (χ3n) is 4.26. The van der Waals surface area contributed by atoms with E-state index in [2.05, 4.69) is 0 Å². The number of amides is 1. The molecule has 0 spiro atoms. The topological polar surface area (TPSA) is 76.1 Å². The lowest BCUT2D eigenvalue weighted by Crippen LogP contribution is -2.47. The maximum atomic E-state index is 12.8. The van der Waals surface area contributed by atoms with Crippen LogP contribution < -0.4 is 9.47 Å². The number of thioether (sulfide) groups is 1. The zero-order chi connectivity index (χ0) is 19.4. The second-order valence-corrected chi connectivity index (χ2v) is 7.50. The molecule has 2 unspecified atom stereocenters. The standard InChI is InChI=1S/C18H21NO5S2/c1-5-10(2)15(17(21)22)19-16(20)14(26-18(19)25)8-11-6-7-12(23-3)9-13(11)24-4/h6-10,15H,5H2,1-4H3,(H,21,22)/b14-8-. The van der Waals surface area contributed by atoms with Crippen molar-refractivity contribution in [2.75, 3.05) is 14.2 Å². The van der Waals surface area contributed by atoms with Gasteiger partial charge in [0.2, 0.25) is 0 Å². The Morgan fingerprint density at radius 1 is 1.38 bits per heavy atom. The predicted octanol–water partition coefficient (Wildman–Crippen LogP) is 3.40. The molecule has 6 nitrogen and oxygen atoms in total. The average molecular weight is 396 g/mol. The van der Waals surface area contributed by atoms with Gasteiger partial charge in [-0.15, -0.1) is 0 Å². The fourth-order valence-electron chi connectivity index (χ4n) is 2.63. The van der Waals surface area contributed by atoms with Crippen LogP contribution in [0.2, 0.25) is 0 Å². The number of hydrogen-bond donors (Lipinski definition) is 1. The Morgan fingerprint density at radius 2 is 2.08 bits per heavy atom. The highest BCUT2D eigenvalue weighted by molar-refractivity contribution is 8.26. The summed E-state index contributed by atoms with van der Waals surface area (Å²) in [6.07, 6.45) is 2.28. The summed E-state index contributed by atoms with van der Waals surface area (Å²) in [7, 11) is 3.08. The van der Waals surface area contributed by atoms with Crippen LogP contribution in [0.1, 0.15) is 25.8 Å². The van der Waals surface area contributed by atoms with E-state index < -0.39 is 17.9 Å². The zero-order valence-corrected chi connectivity index (χ0v) is 16.6. The smallest absolute Gasteiger partial charge is 0.327 e. The summed E-state index contributed by atoms with van der Waals surface area (Å²) in [5.41, 5.74) is 0.684. The maximum Gasteiger partial charge on any atom is 0.327 e. The molecule has 0 saturated carbocycles. The molecule has 140 valence electrons. The number of carbonyl (C=O) groups excluding carboxylic acids is 1. The predicted molar refractivity (Wildman–Crippen MR) is 105 cm³/mol. The first-order chi connectivity index (χ1) is 12.3. The van der Waals surface area contributed by atoms with Crippen molar-refractivity contribution in [1.29, 1.82) is 0 Å². The molecule has 0 aliphatic carbocycles. The van der Waals surface area contributed by atoms with E-state index in [0.29, 0.717) is 28.4 Å². The van der Waals surface area contributed by atoms with Crippen LogP contribution >= 0.6 is 24.0 Å². The van der Waals surface area contributed by atoms with Crippen molar-refractivity contribution in [2.24, 2.45) is 5.92 Å². The monoisotopic (exact) mass is 395 g/mol.